The Labute approximate surface area is 135 Å². The number of nitrogens with one attached hydrogen (secondary N) is 1. The van der Waals surface area contributed by atoms with Crippen LogP contribution in [-0.4, -0.2) is 57.3 Å². The Balaban J connectivity index is 1.43. The van der Waals surface area contributed by atoms with E-state index in [0.29, 0.717) is 12.5 Å². The first-order valence-corrected chi connectivity index (χ1v) is 8.12. The standard InChI is InChI=1S/C17H21N5O/c1-21-7-8-22(11-15(21)16-19-5-6-20-16)17(23)14-9-13(14)12-3-2-4-18-10-12/h2-6,10,13-15H,7-9,11H2,1H3,(H,19,20)/t13-,14+,15-/m0/s1. The fraction of sp³-hybridized carbons (Fsp3) is 0.471. The van der Waals surface area contributed by atoms with E-state index >= 15 is 0 Å². The third-order valence-corrected chi connectivity index (χ3v) is 5.01. The number of amides is 1. The normalized spacial score (nSPS) is 27.9. The van der Waals surface area contributed by atoms with Crippen LogP contribution in [0.25, 0.3) is 0 Å². The Morgan fingerprint density at radius 2 is 2.26 bits per heavy atom. The Hall–Kier alpha value is -2.21. The third kappa shape index (κ3) is 2.74. The summed E-state index contributed by atoms with van der Waals surface area (Å²) >= 11 is 0. The summed E-state index contributed by atoms with van der Waals surface area (Å²) in [5, 5.41) is 0. The molecule has 0 radical (unpaired) electrons. The van der Waals surface area contributed by atoms with Crippen LogP contribution >= 0.6 is 0 Å². The van der Waals surface area contributed by atoms with Gasteiger partial charge in [-0.25, -0.2) is 4.98 Å². The van der Waals surface area contributed by atoms with E-state index in [1.807, 2.05) is 23.4 Å². The highest BCUT2D eigenvalue weighted by atomic mass is 16.2. The number of piperazine rings is 1. The minimum atomic E-state index is 0.125. The molecule has 2 aromatic heterocycles. The van der Waals surface area contributed by atoms with E-state index in [2.05, 4.69) is 33.0 Å². The van der Waals surface area contributed by atoms with Gasteiger partial charge in [0.2, 0.25) is 5.91 Å². The number of aromatic nitrogens is 3. The lowest BCUT2D eigenvalue weighted by molar-refractivity contribution is -0.135. The molecule has 6 heteroatoms. The van der Waals surface area contributed by atoms with Crippen LogP contribution in [0, 0.1) is 5.92 Å². The maximum absolute atomic E-state index is 12.8. The largest absolute Gasteiger partial charge is 0.347 e. The number of carbonyl (C=O) groups is 1. The van der Waals surface area contributed by atoms with Gasteiger partial charge in [-0.2, -0.15) is 0 Å². The van der Waals surface area contributed by atoms with Gasteiger partial charge in [-0.15, -0.1) is 0 Å². The fourth-order valence-corrected chi connectivity index (χ4v) is 3.49. The van der Waals surface area contributed by atoms with Crippen LogP contribution in [-0.2, 0) is 4.79 Å². The molecule has 3 atom stereocenters. The summed E-state index contributed by atoms with van der Waals surface area (Å²) in [6.45, 7) is 2.38. The second kappa shape index (κ2) is 5.77. The number of rotatable bonds is 3. The van der Waals surface area contributed by atoms with E-state index in [9.17, 15) is 4.79 Å². The van der Waals surface area contributed by atoms with Crippen molar-refractivity contribution in [3.05, 3.63) is 48.3 Å². The molecule has 6 nitrogen and oxygen atoms in total. The molecule has 0 aromatic carbocycles. The van der Waals surface area contributed by atoms with Crippen molar-refractivity contribution in [3.8, 4) is 0 Å². The number of H-pyrrole nitrogens is 1. The SMILES string of the molecule is CN1CCN(C(=O)[C@@H]2C[C@H]2c2cccnc2)C[C@H]1c1ncc[nH]1. The topological polar surface area (TPSA) is 65.1 Å². The minimum Gasteiger partial charge on any atom is -0.347 e. The average molecular weight is 311 g/mol. The maximum Gasteiger partial charge on any atom is 0.226 e. The quantitative estimate of drug-likeness (QED) is 0.931. The summed E-state index contributed by atoms with van der Waals surface area (Å²) in [6, 6.07) is 4.16. The molecule has 1 saturated carbocycles. The van der Waals surface area contributed by atoms with Gasteiger partial charge in [-0.1, -0.05) is 6.07 Å². The molecule has 2 aromatic rings. The molecular weight excluding hydrogens is 290 g/mol. The van der Waals surface area contributed by atoms with Gasteiger partial charge in [-0.05, 0) is 31.0 Å². The first-order chi connectivity index (χ1) is 11.2. The first kappa shape index (κ1) is 14.4. The summed E-state index contributed by atoms with van der Waals surface area (Å²) in [6.07, 6.45) is 8.21. The van der Waals surface area contributed by atoms with Crippen molar-refractivity contribution >= 4 is 5.91 Å². The van der Waals surface area contributed by atoms with Gasteiger partial charge in [0.15, 0.2) is 0 Å². The zero-order valence-electron chi connectivity index (χ0n) is 13.2. The molecule has 4 rings (SSSR count). The van der Waals surface area contributed by atoms with Crippen molar-refractivity contribution < 1.29 is 4.79 Å². The van der Waals surface area contributed by atoms with E-state index in [1.165, 1.54) is 5.56 Å². The highest BCUT2D eigenvalue weighted by Gasteiger charge is 2.47. The number of nitrogens with zero attached hydrogens (tertiary/aromatic N) is 4. The monoisotopic (exact) mass is 311 g/mol. The lowest BCUT2D eigenvalue weighted by Crippen LogP contribution is -2.49. The predicted molar refractivity (Wildman–Crippen MR) is 85.6 cm³/mol. The van der Waals surface area contributed by atoms with Crippen LogP contribution < -0.4 is 0 Å². The van der Waals surface area contributed by atoms with Crippen molar-refractivity contribution in [3.63, 3.8) is 0 Å². The number of pyridine rings is 1. The number of hydrogen-bond donors (Lipinski definition) is 1. The van der Waals surface area contributed by atoms with Gasteiger partial charge in [-0.3, -0.25) is 14.7 Å². The van der Waals surface area contributed by atoms with Crippen molar-refractivity contribution in [2.24, 2.45) is 5.92 Å². The average Bonchev–Trinajstić information content (AvgIpc) is 3.21. The number of aromatic amines is 1. The highest BCUT2D eigenvalue weighted by Crippen LogP contribution is 2.48. The van der Waals surface area contributed by atoms with Gasteiger partial charge in [0.1, 0.15) is 5.82 Å². The summed E-state index contributed by atoms with van der Waals surface area (Å²) < 4.78 is 0. The first-order valence-electron chi connectivity index (χ1n) is 8.12. The summed E-state index contributed by atoms with van der Waals surface area (Å²) in [4.78, 5) is 28.8. The summed E-state index contributed by atoms with van der Waals surface area (Å²) in [7, 11) is 2.09. The molecule has 2 aliphatic rings. The van der Waals surface area contributed by atoms with E-state index in [0.717, 1.165) is 25.3 Å². The Bertz CT molecular complexity index is 672. The second-order valence-corrected chi connectivity index (χ2v) is 6.49. The molecule has 23 heavy (non-hydrogen) atoms. The molecule has 1 amide bonds. The molecule has 120 valence electrons. The molecule has 1 saturated heterocycles. The highest BCUT2D eigenvalue weighted by molar-refractivity contribution is 5.83. The number of imidazole rings is 1. The Morgan fingerprint density at radius 1 is 1.35 bits per heavy atom. The minimum absolute atomic E-state index is 0.125. The predicted octanol–water partition coefficient (Wildman–Crippen LogP) is 1.42. The van der Waals surface area contributed by atoms with E-state index in [4.69, 9.17) is 0 Å². The zero-order valence-corrected chi connectivity index (χ0v) is 13.2. The lowest BCUT2D eigenvalue weighted by Gasteiger charge is -2.38. The third-order valence-electron chi connectivity index (χ3n) is 5.01. The Morgan fingerprint density at radius 3 is 3.00 bits per heavy atom. The smallest absolute Gasteiger partial charge is 0.226 e. The lowest BCUT2D eigenvalue weighted by atomic mass is 10.1. The van der Waals surface area contributed by atoms with Gasteiger partial charge >= 0.3 is 0 Å². The Kier molecular flexibility index (Phi) is 3.61. The molecule has 1 aliphatic carbocycles. The van der Waals surface area contributed by atoms with Crippen LogP contribution in [0.2, 0.25) is 0 Å². The zero-order chi connectivity index (χ0) is 15.8. The number of carbonyl (C=O) groups excluding carboxylic acids is 1. The molecule has 1 N–H and O–H groups in total. The van der Waals surface area contributed by atoms with Crippen molar-refractivity contribution in [1.29, 1.82) is 0 Å². The molecular formula is C17H21N5O. The van der Waals surface area contributed by atoms with Crippen LogP contribution in [0.5, 0.6) is 0 Å². The number of likely N-dealkylation sites (N-methyl/N-ethyl adjacent to an activating group) is 1. The van der Waals surface area contributed by atoms with Gasteiger partial charge < -0.3 is 9.88 Å². The van der Waals surface area contributed by atoms with E-state index < -0.39 is 0 Å². The maximum atomic E-state index is 12.8. The van der Waals surface area contributed by atoms with Crippen molar-refractivity contribution in [2.75, 3.05) is 26.7 Å². The van der Waals surface area contributed by atoms with Gasteiger partial charge in [0.25, 0.3) is 0 Å². The number of hydrogen-bond acceptors (Lipinski definition) is 4. The molecule has 0 spiro atoms. The second-order valence-electron chi connectivity index (χ2n) is 6.49. The molecule has 3 heterocycles. The van der Waals surface area contributed by atoms with E-state index in [1.54, 1.807) is 12.4 Å². The molecule has 1 aliphatic heterocycles. The van der Waals surface area contributed by atoms with Gasteiger partial charge in [0.05, 0.1) is 6.04 Å². The van der Waals surface area contributed by atoms with Crippen LogP contribution in [0.4, 0.5) is 0 Å². The molecule has 0 bridgehead atoms. The van der Waals surface area contributed by atoms with Crippen LogP contribution in [0.3, 0.4) is 0 Å². The summed E-state index contributed by atoms with van der Waals surface area (Å²) in [5.41, 5.74) is 1.18. The summed E-state index contributed by atoms with van der Waals surface area (Å²) in [5.74, 6) is 1.69. The molecule has 2 fully saturated rings. The van der Waals surface area contributed by atoms with Crippen molar-refractivity contribution in [1.82, 2.24) is 24.8 Å². The molecule has 0 unspecified atom stereocenters. The van der Waals surface area contributed by atoms with Crippen molar-refractivity contribution in [2.45, 2.75) is 18.4 Å². The van der Waals surface area contributed by atoms with E-state index in [-0.39, 0.29) is 17.9 Å². The fourth-order valence-electron chi connectivity index (χ4n) is 3.49. The van der Waals surface area contributed by atoms with Crippen LogP contribution in [0.1, 0.15) is 29.8 Å². The van der Waals surface area contributed by atoms with Crippen LogP contribution in [0.15, 0.2) is 36.9 Å². The van der Waals surface area contributed by atoms with Gasteiger partial charge in [0, 0.05) is 50.3 Å².